The van der Waals surface area contributed by atoms with E-state index in [1.165, 1.54) is 11.1 Å². The zero-order chi connectivity index (χ0) is 16.3. The summed E-state index contributed by atoms with van der Waals surface area (Å²) in [5.74, 6) is -0.636. The molecule has 0 spiro atoms. The summed E-state index contributed by atoms with van der Waals surface area (Å²) in [5.41, 5.74) is 6.48. The van der Waals surface area contributed by atoms with Crippen molar-refractivity contribution in [1.82, 2.24) is 0 Å². The smallest absolute Gasteiger partial charge is 0.203 e. The maximum Gasteiger partial charge on any atom is 0.203 e. The molecule has 0 amide bonds. The van der Waals surface area contributed by atoms with Crippen LogP contribution in [-0.4, -0.2) is 11.6 Å². The zero-order valence-electron chi connectivity index (χ0n) is 13.7. The molecule has 0 N–H and O–H groups in total. The Balaban J connectivity index is 2.04. The SMILES string of the molecule is Cc1ccc(CC(=O)C(=O)Cc2ccc(C)c(C)c2)cc1C. The van der Waals surface area contributed by atoms with Gasteiger partial charge in [-0.25, -0.2) is 0 Å². The molecule has 0 fully saturated rings. The third kappa shape index (κ3) is 3.91. The number of hydrogen-bond acceptors (Lipinski definition) is 2. The lowest BCUT2D eigenvalue weighted by Crippen LogP contribution is -2.18. The van der Waals surface area contributed by atoms with Crippen LogP contribution in [0.3, 0.4) is 0 Å². The summed E-state index contributed by atoms with van der Waals surface area (Å²) in [6.07, 6.45) is 0.371. The van der Waals surface area contributed by atoms with Gasteiger partial charge in [-0.3, -0.25) is 9.59 Å². The highest BCUT2D eigenvalue weighted by Gasteiger charge is 2.15. The molecule has 0 saturated carbocycles. The molecule has 0 aliphatic rings. The largest absolute Gasteiger partial charge is 0.291 e. The van der Waals surface area contributed by atoms with Crippen molar-refractivity contribution in [3.05, 3.63) is 69.8 Å². The summed E-state index contributed by atoms with van der Waals surface area (Å²) < 4.78 is 0. The highest BCUT2D eigenvalue weighted by Crippen LogP contribution is 2.13. The van der Waals surface area contributed by atoms with E-state index in [1.54, 1.807) is 0 Å². The number of Topliss-reactive ketones (excluding diaryl/α,β-unsaturated/α-hetero) is 2. The summed E-state index contributed by atoms with van der Waals surface area (Å²) in [6.45, 7) is 8.10. The Kier molecular flexibility index (Phi) is 4.92. The molecule has 0 aliphatic heterocycles. The van der Waals surface area contributed by atoms with Gasteiger partial charge in [-0.2, -0.15) is 0 Å². The van der Waals surface area contributed by atoms with Crippen LogP contribution in [0.15, 0.2) is 36.4 Å². The van der Waals surface area contributed by atoms with Crippen LogP contribution in [0.4, 0.5) is 0 Å². The van der Waals surface area contributed by atoms with Gasteiger partial charge < -0.3 is 0 Å². The lowest BCUT2D eigenvalue weighted by Gasteiger charge is -2.06. The molecule has 0 radical (unpaired) electrons. The van der Waals surface area contributed by atoms with Crippen molar-refractivity contribution in [3.8, 4) is 0 Å². The van der Waals surface area contributed by atoms with Crippen LogP contribution in [0, 0.1) is 27.7 Å². The molecule has 2 aromatic rings. The maximum absolute atomic E-state index is 12.1. The second-order valence-corrected chi connectivity index (χ2v) is 6.04. The van der Waals surface area contributed by atoms with Crippen molar-refractivity contribution in [2.75, 3.05) is 0 Å². The Labute approximate surface area is 132 Å². The number of rotatable bonds is 5. The van der Waals surface area contributed by atoms with E-state index in [9.17, 15) is 9.59 Å². The summed E-state index contributed by atoms with van der Waals surface area (Å²) in [5, 5.41) is 0. The van der Waals surface area contributed by atoms with Crippen LogP contribution in [0.25, 0.3) is 0 Å². The molecule has 0 bridgehead atoms. The van der Waals surface area contributed by atoms with Crippen molar-refractivity contribution in [2.24, 2.45) is 0 Å². The number of benzene rings is 2. The van der Waals surface area contributed by atoms with Crippen molar-refractivity contribution in [3.63, 3.8) is 0 Å². The van der Waals surface area contributed by atoms with E-state index in [0.29, 0.717) is 0 Å². The van der Waals surface area contributed by atoms with Crippen molar-refractivity contribution < 1.29 is 9.59 Å². The molecule has 2 heteroatoms. The lowest BCUT2D eigenvalue weighted by atomic mass is 9.97. The molecular formula is C20H22O2. The van der Waals surface area contributed by atoms with E-state index in [2.05, 4.69) is 0 Å². The summed E-state index contributed by atoms with van der Waals surface area (Å²) in [7, 11) is 0. The predicted octanol–water partition coefficient (Wildman–Crippen LogP) is 3.84. The Morgan fingerprint density at radius 2 is 1.00 bits per heavy atom. The minimum Gasteiger partial charge on any atom is -0.291 e. The molecule has 22 heavy (non-hydrogen) atoms. The van der Waals surface area contributed by atoms with E-state index in [0.717, 1.165) is 22.3 Å². The first-order valence-corrected chi connectivity index (χ1v) is 7.55. The molecule has 0 aromatic heterocycles. The first kappa shape index (κ1) is 16.2. The van der Waals surface area contributed by atoms with E-state index in [4.69, 9.17) is 0 Å². The fraction of sp³-hybridized carbons (Fsp3) is 0.300. The average molecular weight is 294 g/mol. The predicted molar refractivity (Wildman–Crippen MR) is 89.3 cm³/mol. The molecule has 2 nitrogen and oxygen atoms in total. The standard InChI is InChI=1S/C20H22O2/c1-13-5-7-17(9-15(13)3)11-19(21)20(22)12-18-8-6-14(2)16(4)10-18/h5-10H,11-12H2,1-4H3. The van der Waals surface area contributed by atoms with Crippen molar-refractivity contribution in [1.29, 1.82) is 0 Å². The summed E-state index contributed by atoms with van der Waals surface area (Å²) in [4.78, 5) is 24.2. The summed E-state index contributed by atoms with van der Waals surface area (Å²) in [6, 6.07) is 11.8. The van der Waals surface area contributed by atoms with Crippen LogP contribution >= 0.6 is 0 Å². The van der Waals surface area contributed by atoms with E-state index >= 15 is 0 Å². The highest BCUT2D eigenvalue weighted by atomic mass is 16.2. The number of aryl methyl sites for hydroxylation is 4. The summed E-state index contributed by atoms with van der Waals surface area (Å²) >= 11 is 0. The Morgan fingerprint density at radius 1 is 0.636 bits per heavy atom. The van der Waals surface area contributed by atoms with Gasteiger partial charge in [0.2, 0.25) is 11.6 Å². The van der Waals surface area contributed by atoms with Crippen LogP contribution in [0.5, 0.6) is 0 Å². The second-order valence-electron chi connectivity index (χ2n) is 6.04. The van der Waals surface area contributed by atoms with Crippen LogP contribution in [0.2, 0.25) is 0 Å². The van der Waals surface area contributed by atoms with Crippen LogP contribution in [-0.2, 0) is 22.4 Å². The van der Waals surface area contributed by atoms with Gasteiger partial charge in [0.05, 0.1) is 0 Å². The maximum atomic E-state index is 12.1. The van der Waals surface area contributed by atoms with Gasteiger partial charge in [-0.15, -0.1) is 0 Å². The quantitative estimate of drug-likeness (QED) is 0.785. The first-order valence-electron chi connectivity index (χ1n) is 7.55. The Bertz CT molecular complexity index is 663. The van der Waals surface area contributed by atoms with Crippen molar-refractivity contribution in [2.45, 2.75) is 40.5 Å². The number of ketones is 2. The van der Waals surface area contributed by atoms with Gasteiger partial charge >= 0.3 is 0 Å². The Morgan fingerprint density at radius 3 is 1.32 bits per heavy atom. The minimum atomic E-state index is -0.318. The van der Waals surface area contributed by atoms with Gasteiger partial charge in [0.1, 0.15) is 0 Å². The topological polar surface area (TPSA) is 34.1 Å². The molecular weight excluding hydrogens is 272 g/mol. The second kappa shape index (κ2) is 6.69. The number of carbonyl (C=O) groups is 2. The number of carbonyl (C=O) groups excluding carboxylic acids is 2. The van der Waals surface area contributed by atoms with Gasteiger partial charge in [-0.1, -0.05) is 36.4 Å². The molecule has 0 saturated heterocycles. The molecule has 0 aliphatic carbocycles. The monoisotopic (exact) mass is 294 g/mol. The van der Waals surface area contributed by atoms with Crippen LogP contribution in [0.1, 0.15) is 33.4 Å². The third-order valence-electron chi connectivity index (χ3n) is 4.18. The van der Waals surface area contributed by atoms with E-state index < -0.39 is 0 Å². The van der Waals surface area contributed by atoms with Crippen LogP contribution < -0.4 is 0 Å². The number of hydrogen-bond donors (Lipinski definition) is 0. The minimum absolute atomic E-state index is 0.185. The molecule has 0 heterocycles. The van der Waals surface area contributed by atoms with E-state index in [1.807, 2.05) is 64.1 Å². The normalized spacial score (nSPS) is 10.5. The first-order chi connectivity index (χ1) is 10.4. The third-order valence-corrected chi connectivity index (χ3v) is 4.18. The molecule has 114 valence electrons. The molecule has 2 aromatic carbocycles. The van der Waals surface area contributed by atoms with Crippen molar-refractivity contribution >= 4 is 11.6 Å². The average Bonchev–Trinajstić information content (AvgIpc) is 2.46. The van der Waals surface area contributed by atoms with E-state index in [-0.39, 0.29) is 24.4 Å². The Hall–Kier alpha value is -2.22. The fourth-order valence-electron chi connectivity index (χ4n) is 2.39. The lowest BCUT2D eigenvalue weighted by molar-refractivity contribution is -0.135. The van der Waals surface area contributed by atoms with Gasteiger partial charge in [-0.05, 0) is 61.1 Å². The van der Waals surface area contributed by atoms with Gasteiger partial charge in [0.25, 0.3) is 0 Å². The van der Waals surface area contributed by atoms with Gasteiger partial charge in [0.15, 0.2) is 0 Å². The zero-order valence-corrected chi connectivity index (χ0v) is 13.7. The van der Waals surface area contributed by atoms with Gasteiger partial charge in [0, 0.05) is 12.8 Å². The fourth-order valence-corrected chi connectivity index (χ4v) is 2.39. The molecule has 2 rings (SSSR count). The molecule has 0 unspecified atom stereocenters. The highest BCUT2D eigenvalue weighted by molar-refractivity contribution is 6.38. The molecule has 0 atom stereocenters.